The van der Waals surface area contributed by atoms with Crippen molar-refractivity contribution >= 4 is 53.1 Å². The topological polar surface area (TPSA) is 74.3 Å². The molecule has 1 saturated heterocycles. The number of aromatic nitrogens is 1. The zero-order valence-electron chi connectivity index (χ0n) is 13.5. The molecule has 23 heavy (non-hydrogen) atoms. The first kappa shape index (κ1) is 22.1. The Kier molecular flexibility index (Phi) is 9.68. The summed E-state index contributed by atoms with van der Waals surface area (Å²) in [4.78, 5) is 30.1. The van der Waals surface area contributed by atoms with E-state index in [2.05, 4.69) is 15.6 Å². The average molecular weight is 383 g/mol. The number of amides is 2. The van der Waals surface area contributed by atoms with Crippen LogP contribution in [0, 0.1) is 5.92 Å². The minimum absolute atomic E-state index is 0. The molecule has 2 rings (SSSR count). The molecule has 6 nitrogen and oxygen atoms in total. The smallest absolute Gasteiger partial charge is 0.228 e. The molecule has 0 unspecified atom stereocenters. The molecule has 0 aromatic carbocycles. The van der Waals surface area contributed by atoms with Crippen molar-refractivity contribution in [3.63, 3.8) is 0 Å². The molecule has 1 atom stereocenters. The van der Waals surface area contributed by atoms with Gasteiger partial charge in [-0.1, -0.05) is 13.8 Å². The monoisotopic (exact) mass is 382 g/mol. The molecule has 1 aromatic heterocycles. The van der Waals surface area contributed by atoms with Gasteiger partial charge >= 0.3 is 0 Å². The summed E-state index contributed by atoms with van der Waals surface area (Å²) in [6, 6.07) is 0.213. The van der Waals surface area contributed by atoms with Gasteiger partial charge in [0.2, 0.25) is 11.8 Å². The molecule has 1 aliphatic rings. The lowest BCUT2D eigenvalue weighted by Gasteiger charge is -2.33. The highest BCUT2D eigenvalue weighted by Gasteiger charge is 2.23. The lowest BCUT2D eigenvalue weighted by Crippen LogP contribution is -2.52. The number of anilines is 1. The van der Waals surface area contributed by atoms with Gasteiger partial charge in [-0.3, -0.25) is 9.59 Å². The number of nitrogens with zero attached hydrogens (tertiary/aromatic N) is 2. The van der Waals surface area contributed by atoms with Crippen molar-refractivity contribution in [1.29, 1.82) is 0 Å². The largest absolute Gasteiger partial charge is 0.337 e. The van der Waals surface area contributed by atoms with Crippen molar-refractivity contribution in [3.8, 4) is 0 Å². The third kappa shape index (κ3) is 6.25. The van der Waals surface area contributed by atoms with Gasteiger partial charge in [0.25, 0.3) is 0 Å². The van der Waals surface area contributed by atoms with Crippen LogP contribution in [0.15, 0.2) is 5.38 Å². The number of hydrogen-bond acceptors (Lipinski definition) is 5. The number of thiazole rings is 1. The van der Waals surface area contributed by atoms with Gasteiger partial charge < -0.3 is 15.5 Å². The van der Waals surface area contributed by atoms with Crippen molar-refractivity contribution in [1.82, 2.24) is 15.2 Å². The van der Waals surface area contributed by atoms with E-state index in [0.717, 1.165) is 25.3 Å². The van der Waals surface area contributed by atoms with E-state index in [0.29, 0.717) is 11.6 Å². The summed E-state index contributed by atoms with van der Waals surface area (Å²) in [5.74, 6) is -0.0466. The lowest BCUT2D eigenvalue weighted by atomic mass is 10.2. The fourth-order valence-electron chi connectivity index (χ4n) is 2.16. The molecule has 0 bridgehead atoms. The maximum absolute atomic E-state index is 12.3. The first-order valence-electron chi connectivity index (χ1n) is 7.23. The molecule has 9 heteroatoms. The van der Waals surface area contributed by atoms with Crippen LogP contribution in [0.4, 0.5) is 5.13 Å². The predicted molar refractivity (Wildman–Crippen MR) is 97.8 cm³/mol. The Labute approximate surface area is 153 Å². The first-order valence-corrected chi connectivity index (χ1v) is 8.10. The van der Waals surface area contributed by atoms with Crippen LogP contribution in [0.5, 0.6) is 0 Å². The normalized spacial score (nSPS) is 17.2. The fourth-order valence-corrected chi connectivity index (χ4v) is 2.88. The third-order valence-corrected chi connectivity index (χ3v) is 4.27. The van der Waals surface area contributed by atoms with Crippen LogP contribution in [0.3, 0.4) is 0 Å². The van der Waals surface area contributed by atoms with E-state index in [1.165, 1.54) is 11.3 Å². The number of piperazine rings is 1. The second kappa shape index (κ2) is 10.1. The van der Waals surface area contributed by atoms with Crippen molar-refractivity contribution < 1.29 is 9.59 Å². The Balaban J connectivity index is 0.00000242. The summed E-state index contributed by atoms with van der Waals surface area (Å²) < 4.78 is 0. The van der Waals surface area contributed by atoms with Gasteiger partial charge in [0.1, 0.15) is 0 Å². The zero-order valence-corrected chi connectivity index (χ0v) is 15.9. The Bertz CT molecular complexity index is 525. The van der Waals surface area contributed by atoms with Crippen LogP contribution in [-0.4, -0.2) is 47.4 Å². The van der Waals surface area contributed by atoms with Gasteiger partial charge in [0.05, 0.1) is 12.1 Å². The van der Waals surface area contributed by atoms with Gasteiger partial charge in [-0.2, -0.15) is 0 Å². The Hall–Kier alpha value is -0.890. The van der Waals surface area contributed by atoms with E-state index in [4.69, 9.17) is 0 Å². The number of hydrogen-bond donors (Lipinski definition) is 2. The highest BCUT2D eigenvalue weighted by Crippen LogP contribution is 2.17. The van der Waals surface area contributed by atoms with Crippen LogP contribution < -0.4 is 10.6 Å². The molecule has 132 valence electrons. The SMILES string of the molecule is CC(C)C(=O)Nc1nc(CC(=O)N2CCNC[C@H]2C)cs1.Cl.Cl. The zero-order chi connectivity index (χ0) is 15.4. The third-order valence-electron chi connectivity index (χ3n) is 3.46. The average Bonchev–Trinajstić information content (AvgIpc) is 2.86. The summed E-state index contributed by atoms with van der Waals surface area (Å²) in [7, 11) is 0. The second-order valence-electron chi connectivity index (χ2n) is 5.61. The molecule has 2 amide bonds. The van der Waals surface area contributed by atoms with Crippen molar-refractivity contribution in [3.05, 3.63) is 11.1 Å². The van der Waals surface area contributed by atoms with E-state index in [9.17, 15) is 9.59 Å². The van der Waals surface area contributed by atoms with Crippen molar-refractivity contribution in [2.24, 2.45) is 5.92 Å². The lowest BCUT2D eigenvalue weighted by molar-refractivity contribution is -0.133. The van der Waals surface area contributed by atoms with Gasteiger partial charge in [0.15, 0.2) is 5.13 Å². The Morgan fingerprint density at radius 1 is 1.48 bits per heavy atom. The number of rotatable bonds is 4. The van der Waals surface area contributed by atoms with E-state index in [1.54, 1.807) is 0 Å². The molecular weight excluding hydrogens is 359 g/mol. The summed E-state index contributed by atoms with van der Waals surface area (Å²) >= 11 is 1.36. The van der Waals surface area contributed by atoms with Crippen LogP contribution >= 0.6 is 36.2 Å². The second-order valence-corrected chi connectivity index (χ2v) is 6.46. The molecular formula is C14H24Cl2N4O2S. The van der Waals surface area contributed by atoms with E-state index >= 15 is 0 Å². The molecule has 2 N–H and O–H groups in total. The van der Waals surface area contributed by atoms with Crippen molar-refractivity contribution in [2.45, 2.75) is 33.2 Å². The molecule has 1 aliphatic heterocycles. The maximum atomic E-state index is 12.3. The molecule has 0 saturated carbocycles. The summed E-state index contributed by atoms with van der Waals surface area (Å²) in [5.41, 5.74) is 0.717. The van der Waals surface area contributed by atoms with Crippen molar-refractivity contribution in [2.75, 3.05) is 25.0 Å². The van der Waals surface area contributed by atoms with Crippen LogP contribution in [0.1, 0.15) is 26.5 Å². The van der Waals surface area contributed by atoms with Crippen LogP contribution in [0.25, 0.3) is 0 Å². The molecule has 0 spiro atoms. The fraction of sp³-hybridized carbons (Fsp3) is 0.643. The van der Waals surface area contributed by atoms with E-state index in [-0.39, 0.29) is 48.6 Å². The molecule has 1 aromatic rings. The van der Waals surface area contributed by atoms with E-state index in [1.807, 2.05) is 31.1 Å². The van der Waals surface area contributed by atoms with Crippen LogP contribution in [-0.2, 0) is 16.0 Å². The highest BCUT2D eigenvalue weighted by atomic mass is 35.5. The number of nitrogens with one attached hydrogen (secondary N) is 2. The van der Waals surface area contributed by atoms with E-state index < -0.39 is 0 Å². The predicted octanol–water partition coefficient (Wildman–Crippen LogP) is 1.94. The quantitative estimate of drug-likeness (QED) is 0.834. The molecule has 0 aliphatic carbocycles. The molecule has 1 fully saturated rings. The highest BCUT2D eigenvalue weighted by molar-refractivity contribution is 7.13. The molecule has 0 radical (unpaired) electrons. The Morgan fingerprint density at radius 3 is 2.78 bits per heavy atom. The summed E-state index contributed by atoms with van der Waals surface area (Å²) in [5, 5.41) is 8.42. The minimum Gasteiger partial charge on any atom is -0.337 e. The van der Waals surface area contributed by atoms with Gasteiger partial charge in [-0.15, -0.1) is 36.2 Å². The van der Waals surface area contributed by atoms with Crippen LogP contribution in [0.2, 0.25) is 0 Å². The standard InChI is InChI=1S/C14H22N4O2S.2ClH/c1-9(2)13(20)17-14-16-11(8-21-14)6-12(19)18-5-4-15-7-10(18)3;;/h8-10,15H,4-7H2,1-3H3,(H,16,17,20);2*1H/t10-;;/m1../s1. The first-order chi connectivity index (χ1) is 9.97. The maximum Gasteiger partial charge on any atom is 0.228 e. The molecule has 2 heterocycles. The van der Waals surface area contributed by atoms with Gasteiger partial charge in [0, 0.05) is 37.0 Å². The Morgan fingerprint density at radius 2 is 2.17 bits per heavy atom. The van der Waals surface area contributed by atoms with Gasteiger partial charge in [-0.25, -0.2) is 4.98 Å². The number of halogens is 2. The summed E-state index contributed by atoms with van der Waals surface area (Å²) in [6.45, 7) is 8.11. The number of carbonyl (C=O) groups excluding carboxylic acids is 2. The van der Waals surface area contributed by atoms with Gasteiger partial charge in [-0.05, 0) is 6.92 Å². The minimum atomic E-state index is -0.0827. The summed E-state index contributed by atoms with van der Waals surface area (Å²) in [6.07, 6.45) is 0.290. The number of carbonyl (C=O) groups is 2.